The van der Waals surface area contributed by atoms with Gasteiger partial charge >= 0.3 is 12.5 Å². The van der Waals surface area contributed by atoms with Gasteiger partial charge in [-0.3, -0.25) is 4.79 Å². The standard InChI is InChI=1S/C28H30F3N3O5/c1-27(2,3)39-26(37)32-13-5-7-19-16-33-25(36)23-15-22(18-6-4-8-21(14-18)38-28(29,30)31)24(34(19)23)17-9-11-20(35)12-10-17/h4,6,8-12,14-15,19,35H,5,7,13,16H2,1-3H3,(H,32,37)(H,33,36)/t19-/m0/s1. The van der Waals surface area contributed by atoms with Crippen molar-refractivity contribution in [2.45, 2.75) is 51.6 Å². The number of ether oxygens (including phenoxy) is 2. The van der Waals surface area contributed by atoms with E-state index in [0.717, 1.165) is 0 Å². The highest BCUT2D eigenvalue weighted by Gasteiger charge is 2.33. The number of carbonyl (C=O) groups is 2. The van der Waals surface area contributed by atoms with Crippen LogP contribution in [0.5, 0.6) is 11.5 Å². The molecule has 0 spiro atoms. The Morgan fingerprint density at radius 1 is 1.10 bits per heavy atom. The molecule has 0 radical (unpaired) electrons. The lowest BCUT2D eigenvalue weighted by Crippen LogP contribution is -2.39. The lowest BCUT2D eigenvalue weighted by atomic mass is 10.00. The first-order chi connectivity index (χ1) is 18.3. The molecule has 4 rings (SSSR count). The van der Waals surface area contributed by atoms with Gasteiger partial charge in [0.25, 0.3) is 5.91 Å². The van der Waals surface area contributed by atoms with Crippen LogP contribution in [0.1, 0.15) is 50.1 Å². The van der Waals surface area contributed by atoms with Crippen LogP contribution in [0.4, 0.5) is 18.0 Å². The van der Waals surface area contributed by atoms with Gasteiger partial charge in [0.15, 0.2) is 0 Å². The maximum absolute atomic E-state index is 12.9. The monoisotopic (exact) mass is 545 g/mol. The third kappa shape index (κ3) is 7.04. The molecular weight excluding hydrogens is 515 g/mol. The van der Waals surface area contributed by atoms with Crippen LogP contribution in [-0.4, -0.2) is 46.7 Å². The van der Waals surface area contributed by atoms with Gasteiger partial charge in [-0.2, -0.15) is 0 Å². The summed E-state index contributed by atoms with van der Waals surface area (Å²) in [6, 6.07) is 13.4. The molecule has 0 unspecified atom stereocenters. The van der Waals surface area contributed by atoms with Crippen molar-refractivity contribution in [3.05, 3.63) is 60.3 Å². The number of aromatic hydroxyl groups is 1. The molecule has 0 bridgehead atoms. The molecule has 1 atom stereocenters. The second-order valence-electron chi connectivity index (χ2n) is 10.2. The van der Waals surface area contributed by atoms with Crippen LogP contribution in [0.2, 0.25) is 0 Å². The van der Waals surface area contributed by atoms with Crippen molar-refractivity contribution in [3.8, 4) is 33.9 Å². The van der Waals surface area contributed by atoms with Crippen molar-refractivity contribution in [1.29, 1.82) is 0 Å². The molecule has 11 heteroatoms. The summed E-state index contributed by atoms with van der Waals surface area (Å²) in [7, 11) is 0. The third-order valence-corrected chi connectivity index (χ3v) is 6.03. The average Bonchev–Trinajstić information content (AvgIpc) is 3.23. The summed E-state index contributed by atoms with van der Waals surface area (Å²) in [5.74, 6) is -0.643. The van der Waals surface area contributed by atoms with Crippen molar-refractivity contribution in [2.24, 2.45) is 0 Å². The molecule has 8 nitrogen and oxygen atoms in total. The number of hydrogen-bond donors (Lipinski definition) is 3. The lowest BCUT2D eigenvalue weighted by molar-refractivity contribution is -0.274. The number of halogens is 3. The first kappa shape index (κ1) is 27.9. The van der Waals surface area contributed by atoms with Gasteiger partial charge in [0.05, 0.1) is 11.7 Å². The normalized spacial score (nSPS) is 15.3. The van der Waals surface area contributed by atoms with Gasteiger partial charge in [-0.25, -0.2) is 4.79 Å². The van der Waals surface area contributed by atoms with Crippen LogP contribution < -0.4 is 15.4 Å². The van der Waals surface area contributed by atoms with Gasteiger partial charge < -0.3 is 29.8 Å². The van der Waals surface area contributed by atoms with Gasteiger partial charge in [0, 0.05) is 18.7 Å². The number of alkyl carbamates (subject to hydrolysis) is 1. The van der Waals surface area contributed by atoms with Crippen LogP contribution in [0, 0.1) is 0 Å². The fourth-order valence-electron chi connectivity index (χ4n) is 4.54. The van der Waals surface area contributed by atoms with Gasteiger partial charge in [0.2, 0.25) is 0 Å². The van der Waals surface area contributed by atoms with Crippen molar-refractivity contribution in [2.75, 3.05) is 13.1 Å². The zero-order valence-corrected chi connectivity index (χ0v) is 21.8. The minimum atomic E-state index is -4.85. The number of phenols is 1. The molecule has 2 amide bonds. The minimum absolute atomic E-state index is 0.0498. The Balaban J connectivity index is 1.69. The molecule has 3 N–H and O–H groups in total. The van der Waals surface area contributed by atoms with E-state index in [1.165, 1.54) is 30.3 Å². The number of phenolic OH excluding ortho intramolecular Hbond substituents is 1. The summed E-state index contributed by atoms with van der Waals surface area (Å²) in [5.41, 5.74) is 2.00. The number of benzene rings is 2. The van der Waals surface area contributed by atoms with E-state index in [1.54, 1.807) is 45.0 Å². The largest absolute Gasteiger partial charge is 0.573 e. The summed E-state index contributed by atoms with van der Waals surface area (Å²) in [6.45, 7) is 6.01. The molecule has 0 aliphatic carbocycles. The number of nitrogens with zero attached hydrogens (tertiary/aromatic N) is 1. The number of amides is 2. The van der Waals surface area contributed by atoms with Crippen LogP contribution in [0.15, 0.2) is 54.6 Å². The fraction of sp³-hybridized carbons (Fsp3) is 0.357. The highest BCUT2D eigenvalue weighted by molar-refractivity contribution is 5.98. The molecule has 2 aromatic carbocycles. The number of carbonyl (C=O) groups excluding carboxylic acids is 2. The van der Waals surface area contributed by atoms with Crippen molar-refractivity contribution >= 4 is 12.0 Å². The molecule has 39 heavy (non-hydrogen) atoms. The van der Waals surface area contributed by atoms with E-state index in [9.17, 15) is 27.9 Å². The van der Waals surface area contributed by atoms with Gasteiger partial charge in [-0.05, 0) is 87.2 Å². The first-order valence-electron chi connectivity index (χ1n) is 12.5. The highest BCUT2D eigenvalue weighted by atomic mass is 19.4. The lowest BCUT2D eigenvalue weighted by Gasteiger charge is -2.29. The van der Waals surface area contributed by atoms with Crippen molar-refractivity contribution in [3.63, 3.8) is 0 Å². The second kappa shape index (κ2) is 10.9. The van der Waals surface area contributed by atoms with Crippen LogP contribution in [0.3, 0.4) is 0 Å². The second-order valence-corrected chi connectivity index (χ2v) is 10.2. The number of fused-ring (bicyclic) bond motifs is 1. The minimum Gasteiger partial charge on any atom is -0.508 e. The molecule has 1 aliphatic rings. The summed E-state index contributed by atoms with van der Waals surface area (Å²) in [4.78, 5) is 24.9. The molecule has 2 heterocycles. The third-order valence-electron chi connectivity index (χ3n) is 6.03. The molecular formula is C28H30F3N3O5. The number of alkyl halides is 3. The Bertz CT molecular complexity index is 1340. The fourth-order valence-corrected chi connectivity index (χ4v) is 4.54. The molecule has 1 aliphatic heterocycles. The zero-order chi connectivity index (χ0) is 28.4. The van der Waals surface area contributed by atoms with Gasteiger partial charge in [-0.15, -0.1) is 13.2 Å². The maximum atomic E-state index is 12.9. The summed E-state index contributed by atoms with van der Waals surface area (Å²) >= 11 is 0. The Labute approximate surface area is 223 Å². The number of hydrogen-bond acceptors (Lipinski definition) is 5. The summed E-state index contributed by atoms with van der Waals surface area (Å²) in [6.07, 6.45) is -4.21. The molecule has 208 valence electrons. The van der Waals surface area contributed by atoms with E-state index in [4.69, 9.17) is 4.74 Å². The van der Waals surface area contributed by atoms with Crippen LogP contribution >= 0.6 is 0 Å². The van der Waals surface area contributed by atoms with E-state index in [0.29, 0.717) is 54.0 Å². The topological polar surface area (TPSA) is 102 Å². The quantitative estimate of drug-likeness (QED) is 0.316. The van der Waals surface area contributed by atoms with E-state index < -0.39 is 18.1 Å². The van der Waals surface area contributed by atoms with Crippen LogP contribution in [-0.2, 0) is 4.74 Å². The van der Waals surface area contributed by atoms with E-state index in [-0.39, 0.29) is 23.4 Å². The molecule has 1 aromatic heterocycles. The van der Waals surface area contributed by atoms with Crippen LogP contribution in [0.25, 0.3) is 22.4 Å². The maximum Gasteiger partial charge on any atom is 0.573 e. The first-order valence-corrected chi connectivity index (χ1v) is 12.5. The van der Waals surface area contributed by atoms with Crippen molar-refractivity contribution in [1.82, 2.24) is 15.2 Å². The molecule has 3 aromatic rings. The number of aromatic nitrogens is 1. The predicted molar refractivity (Wildman–Crippen MR) is 138 cm³/mol. The Morgan fingerprint density at radius 3 is 2.49 bits per heavy atom. The van der Waals surface area contributed by atoms with Crippen molar-refractivity contribution < 1.29 is 37.3 Å². The van der Waals surface area contributed by atoms with E-state index in [1.807, 2.05) is 4.57 Å². The average molecular weight is 546 g/mol. The predicted octanol–water partition coefficient (Wildman–Crippen LogP) is 6.02. The molecule has 0 fully saturated rings. The number of rotatable bonds is 7. The Morgan fingerprint density at radius 2 is 1.82 bits per heavy atom. The Kier molecular flexibility index (Phi) is 7.80. The smallest absolute Gasteiger partial charge is 0.508 e. The molecule has 0 saturated carbocycles. The SMILES string of the molecule is CC(C)(C)OC(=O)NCCC[C@H]1CNC(=O)c2cc(-c3cccc(OC(F)(F)F)c3)c(-c3ccc(O)cc3)n21. The highest BCUT2D eigenvalue weighted by Crippen LogP contribution is 2.41. The molecule has 0 saturated heterocycles. The van der Waals surface area contributed by atoms with Gasteiger partial charge in [0.1, 0.15) is 22.8 Å². The summed E-state index contributed by atoms with van der Waals surface area (Å²) < 4.78 is 49.9. The van der Waals surface area contributed by atoms with Gasteiger partial charge in [-0.1, -0.05) is 12.1 Å². The number of nitrogens with one attached hydrogen (secondary N) is 2. The van der Waals surface area contributed by atoms with E-state index in [2.05, 4.69) is 15.4 Å². The summed E-state index contributed by atoms with van der Waals surface area (Å²) in [5, 5.41) is 15.4. The van der Waals surface area contributed by atoms with E-state index >= 15 is 0 Å². The Hall–Kier alpha value is -4.15. The zero-order valence-electron chi connectivity index (χ0n) is 21.8.